The van der Waals surface area contributed by atoms with E-state index in [0.29, 0.717) is 0 Å². The minimum Gasteiger partial charge on any atom is -0.411 e. The van der Waals surface area contributed by atoms with E-state index in [-0.39, 0.29) is 0 Å². The third-order valence-electron chi connectivity index (χ3n) is 1.00. The Kier molecular flexibility index (Phi) is 2.39. The number of pyridine rings is 1. The molecule has 4 heteroatoms. The zero-order chi connectivity index (χ0) is 7.40. The van der Waals surface area contributed by atoms with Gasteiger partial charge in [-0.2, -0.15) is 0 Å². The fraction of sp³-hybridized carbons (Fsp3) is 0. The molecule has 3 nitrogen and oxygen atoms in total. The molecule has 0 aromatic carbocycles. The SMILES string of the molecule is O/N=C\c1ccncc1Br. The highest BCUT2D eigenvalue weighted by Gasteiger charge is 1.92. The summed E-state index contributed by atoms with van der Waals surface area (Å²) in [7, 11) is 0. The Bertz CT molecular complexity index is 249. The summed E-state index contributed by atoms with van der Waals surface area (Å²) < 4.78 is 0.813. The van der Waals surface area contributed by atoms with Crippen LogP contribution in [0.15, 0.2) is 28.1 Å². The first-order valence-corrected chi connectivity index (χ1v) is 3.41. The minimum absolute atomic E-state index is 0.803. The molecular formula is C6H5BrN2O. The monoisotopic (exact) mass is 200 g/mol. The van der Waals surface area contributed by atoms with Crippen LogP contribution >= 0.6 is 15.9 Å². The second-order valence-electron chi connectivity index (χ2n) is 1.64. The molecule has 0 spiro atoms. The van der Waals surface area contributed by atoms with Gasteiger partial charge >= 0.3 is 0 Å². The quantitative estimate of drug-likeness (QED) is 0.426. The zero-order valence-electron chi connectivity index (χ0n) is 5.03. The number of rotatable bonds is 1. The highest BCUT2D eigenvalue weighted by Crippen LogP contribution is 2.11. The highest BCUT2D eigenvalue weighted by molar-refractivity contribution is 9.10. The number of nitrogens with zero attached hydrogens (tertiary/aromatic N) is 2. The highest BCUT2D eigenvalue weighted by atomic mass is 79.9. The summed E-state index contributed by atoms with van der Waals surface area (Å²) in [5.41, 5.74) is 0.803. The molecule has 0 atom stereocenters. The molecule has 0 saturated carbocycles. The van der Waals surface area contributed by atoms with Gasteiger partial charge < -0.3 is 5.21 Å². The van der Waals surface area contributed by atoms with Crippen molar-refractivity contribution in [2.75, 3.05) is 0 Å². The van der Waals surface area contributed by atoms with Crippen LogP contribution in [-0.4, -0.2) is 16.4 Å². The maximum Gasteiger partial charge on any atom is 0.0746 e. The lowest BCUT2D eigenvalue weighted by Crippen LogP contribution is -1.83. The van der Waals surface area contributed by atoms with Crippen molar-refractivity contribution in [1.82, 2.24) is 4.98 Å². The van der Waals surface area contributed by atoms with Crippen LogP contribution in [0, 0.1) is 0 Å². The summed E-state index contributed by atoms with van der Waals surface area (Å²) >= 11 is 3.23. The number of halogens is 1. The van der Waals surface area contributed by atoms with E-state index < -0.39 is 0 Å². The fourth-order valence-electron chi connectivity index (χ4n) is 0.553. The number of oxime groups is 1. The molecular weight excluding hydrogens is 196 g/mol. The Morgan fingerprint density at radius 2 is 2.50 bits per heavy atom. The van der Waals surface area contributed by atoms with Crippen LogP contribution in [0.1, 0.15) is 5.56 Å². The van der Waals surface area contributed by atoms with Crippen molar-refractivity contribution in [3.05, 3.63) is 28.5 Å². The molecule has 0 unspecified atom stereocenters. The van der Waals surface area contributed by atoms with Crippen LogP contribution in [0.3, 0.4) is 0 Å². The molecule has 0 aliphatic carbocycles. The van der Waals surface area contributed by atoms with Gasteiger partial charge in [0.2, 0.25) is 0 Å². The minimum atomic E-state index is 0.803. The fourth-order valence-corrected chi connectivity index (χ4v) is 0.906. The van der Waals surface area contributed by atoms with Crippen LogP contribution in [0.2, 0.25) is 0 Å². The van der Waals surface area contributed by atoms with Gasteiger partial charge in [-0.05, 0) is 22.0 Å². The second-order valence-corrected chi connectivity index (χ2v) is 2.50. The van der Waals surface area contributed by atoms with Gasteiger partial charge in [-0.25, -0.2) is 0 Å². The molecule has 0 saturated heterocycles. The summed E-state index contributed by atoms with van der Waals surface area (Å²) in [4.78, 5) is 3.84. The molecule has 0 aliphatic rings. The maximum absolute atomic E-state index is 8.17. The lowest BCUT2D eigenvalue weighted by atomic mass is 10.3. The van der Waals surface area contributed by atoms with Crippen molar-refractivity contribution in [2.45, 2.75) is 0 Å². The van der Waals surface area contributed by atoms with Crippen LogP contribution in [-0.2, 0) is 0 Å². The summed E-state index contributed by atoms with van der Waals surface area (Å²) in [5, 5.41) is 11.1. The topological polar surface area (TPSA) is 45.5 Å². The Labute approximate surface area is 66.5 Å². The van der Waals surface area contributed by atoms with Crippen LogP contribution < -0.4 is 0 Å². The normalized spacial score (nSPS) is 10.5. The molecule has 1 N–H and O–H groups in total. The standard InChI is InChI=1S/C6H5BrN2O/c7-6-4-8-2-1-5(6)3-9-10/h1-4,10H/b9-3-. The van der Waals surface area contributed by atoms with E-state index in [0.717, 1.165) is 10.0 Å². The lowest BCUT2D eigenvalue weighted by molar-refractivity contribution is 0.322. The molecule has 0 bridgehead atoms. The number of hydrogen-bond donors (Lipinski definition) is 1. The average Bonchev–Trinajstić information content (AvgIpc) is 1.94. The first kappa shape index (κ1) is 7.21. The number of hydrogen-bond acceptors (Lipinski definition) is 3. The van der Waals surface area contributed by atoms with Crippen molar-refractivity contribution in [3.8, 4) is 0 Å². The van der Waals surface area contributed by atoms with E-state index in [1.54, 1.807) is 18.5 Å². The molecule has 0 fully saturated rings. The molecule has 1 heterocycles. The van der Waals surface area contributed by atoms with Crippen molar-refractivity contribution in [1.29, 1.82) is 0 Å². The second kappa shape index (κ2) is 3.31. The largest absolute Gasteiger partial charge is 0.411 e. The predicted octanol–water partition coefficient (Wildman–Crippen LogP) is 1.65. The van der Waals surface area contributed by atoms with Gasteiger partial charge in [0.1, 0.15) is 0 Å². The molecule has 1 aromatic rings. The smallest absolute Gasteiger partial charge is 0.0746 e. The van der Waals surface area contributed by atoms with Crippen LogP contribution in [0.5, 0.6) is 0 Å². The van der Waals surface area contributed by atoms with E-state index in [4.69, 9.17) is 5.21 Å². The summed E-state index contributed by atoms with van der Waals surface area (Å²) in [5.74, 6) is 0. The zero-order valence-corrected chi connectivity index (χ0v) is 6.62. The molecule has 0 aliphatic heterocycles. The van der Waals surface area contributed by atoms with Crippen molar-refractivity contribution >= 4 is 22.1 Å². The summed E-state index contributed by atoms with van der Waals surface area (Å²) in [6.45, 7) is 0. The predicted molar refractivity (Wildman–Crippen MR) is 41.3 cm³/mol. The van der Waals surface area contributed by atoms with Crippen molar-refractivity contribution in [3.63, 3.8) is 0 Å². The Morgan fingerprint density at radius 1 is 1.70 bits per heavy atom. The van der Waals surface area contributed by atoms with Gasteiger partial charge in [-0.3, -0.25) is 4.98 Å². The first-order chi connectivity index (χ1) is 4.84. The first-order valence-electron chi connectivity index (χ1n) is 2.61. The summed E-state index contributed by atoms with van der Waals surface area (Å²) in [6.07, 6.45) is 4.60. The van der Waals surface area contributed by atoms with Gasteiger partial charge in [0.15, 0.2) is 0 Å². The van der Waals surface area contributed by atoms with Crippen LogP contribution in [0.4, 0.5) is 0 Å². The van der Waals surface area contributed by atoms with Gasteiger partial charge in [0, 0.05) is 22.4 Å². The Morgan fingerprint density at radius 3 is 3.10 bits per heavy atom. The van der Waals surface area contributed by atoms with E-state index in [9.17, 15) is 0 Å². The van der Waals surface area contributed by atoms with Gasteiger partial charge in [0.05, 0.1) is 6.21 Å². The molecule has 1 rings (SSSR count). The van der Waals surface area contributed by atoms with E-state index in [1.807, 2.05) is 0 Å². The summed E-state index contributed by atoms with van der Waals surface area (Å²) in [6, 6.07) is 1.74. The van der Waals surface area contributed by atoms with E-state index >= 15 is 0 Å². The van der Waals surface area contributed by atoms with Crippen molar-refractivity contribution < 1.29 is 5.21 Å². The number of aromatic nitrogens is 1. The van der Waals surface area contributed by atoms with E-state index in [1.165, 1.54) is 6.21 Å². The molecule has 52 valence electrons. The molecule has 10 heavy (non-hydrogen) atoms. The van der Waals surface area contributed by atoms with Gasteiger partial charge in [0.25, 0.3) is 0 Å². The van der Waals surface area contributed by atoms with Crippen LogP contribution in [0.25, 0.3) is 0 Å². The Balaban J connectivity index is 3.03. The van der Waals surface area contributed by atoms with Gasteiger partial charge in [-0.1, -0.05) is 5.16 Å². The maximum atomic E-state index is 8.17. The molecule has 0 radical (unpaired) electrons. The van der Waals surface area contributed by atoms with E-state index in [2.05, 4.69) is 26.1 Å². The van der Waals surface area contributed by atoms with Crippen molar-refractivity contribution in [2.24, 2.45) is 5.16 Å². The molecule has 0 amide bonds. The lowest BCUT2D eigenvalue weighted by Gasteiger charge is -1.92. The third kappa shape index (κ3) is 1.54. The molecule has 1 aromatic heterocycles. The van der Waals surface area contributed by atoms with Gasteiger partial charge in [-0.15, -0.1) is 0 Å². The third-order valence-corrected chi connectivity index (χ3v) is 1.66. The average molecular weight is 201 g/mol. The Hall–Kier alpha value is -0.900.